The number of aromatic nitrogens is 6. The van der Waals surface area contributed by atoms with Gasteiger partial charge in [0.15, 0.2) is 0 Å². The van der Waals surface area contributed by atoms with E-state index < -0.39 is 0 Å². The largest absolute Gasteiger partial charge is 2.00 e. The molecular formula is C50H38Fe2MnN6+6. The Morgan fingerprint density at radius 3 is 0.712 bits per heavy atom. The molecule has 0 bridgehead atoms. The van der Waals surface area contributed by atoms with Crippen LogP contribution < -0.4 is 0 Å². The van der Waals surface area contributed by atoms with Gasteiger partial charge in [-0.3, -0.25) is 19.9 Å². The van der Waals surface area contributed by atoms with Crippen molar-refractivity contribution in [3.63, 3.8) is 0 Å². The van der Waals surface area contributed by atoms with Crippen LogP contribution in [-0.2, 0) is 51.2 Å². The average molecular weight is 890 g/mol. The number of hydrogen-bond acceptors (Lipinski definition) is 6. The van der Waals surface area contributed by atoms with Gasteiger partial charge in [0.1, 0.15) is 0 Å². The second kappa shape index (κ2) is 26.6. The minimum Gasteiger partial charge on any atom is -0.255 e. The van der Waals surface area contributed by atoms with Crippen molar-refractivity contribution >= 4 is 0 Å². The van der Waals surface area contributed by atoms with E-state index >= 15 is 0 Å². The Balaban J connectivity index is 0.000000202. The molecule has 6 aromatic rings. The Hall–Kier alpha value is -3.54. The molecule has 0 saturated heterocycles. The van der Waals surface area contributed by atoms with E-state index in [0.717, 1.165) is 56.7 Å². The van der Waals surface area contributed by atoms with Gasteiger partial charge < -0.3 is 0 Å². The standard InChI is InChI=1S/2C20H14N3.2C5H5.2Fe.Mn/c2*1-2-8-15(7-1)16-13-19(17-9-3-5-11-21-17)23-20(14-16)18-10-4-6-12-22-18;2*1-2-4-5-3-1;;;/h2*1-14H;2*1-5H;;;/q;;;;3*+2. The van der Waals surface area contributed by atoms with Crippen LogP contribution in [0.25, 0.3) is 45.6 Å². The van der Waals surface area contributed by atoms with Crippen molar-refractivity contribution < 1.29 is 51.2 Å². The maximum atomic E-state index is 4.76. The predicted molar refractivity (Wildman–Crippen MR) is 223 cm³/mol. The van der Waals surface area contributed by atoms with Gasteiger partial charge in [0, 0.05) is 36.6 Å². The van der Waals surface area contributed by atoms with Gasteiger partial charge in [-0.2, -0.15) is 0 Å². The zero-order valence-corrected chi connectivity index (χ0v) is 35.1. The molecule has 6 aromatic heterocycles. The van der Waals surface area contributed by atoms with E-state index in [1.807, 2.05) is 163 Å². The summed E-state index contributed by atoms with van der Waals surface area (Å²) in [5.41, 5.74) is 9.08. The fourth-order valence-corrected chi connectivity index (χ4v) is 5.75. The summed E-state index contributed by atoms with van der Waals surface area (Å²) < 4.78 is 0. The van der Waals surface area contributed by atoms with Crippen LogP contribution in [0, 0.1) is 127 Å². The summed E-state index contributed by atoms with van der Waals surface area (Å²) in [6.07, 6.45) is 43.7. The van der Waals surface area contributed by atoms with Crippen molar-refractivity contribution in [1.82, 2.24) is 29.9 Å². The number of rotatable bonds is 6. The molecule has 4 saturated carbocycles. The molecule has 10 rings (SSSR count). The van der Waals surface area contributed by atoms with Crippen LogP contribution in [0.3, 0.4) is 0 Å². The van der Waals surface area contributed by atoms with Crippen molar-refractivity contribution in [2.75, 3.05) is 0 Å². The smallest absolute Gasteiger partial charge is 0.255 e. The maximum absolute atomic E-state index is 4.76. The first-order chi connectivity index (χ1) is 27.8. The molecule has 9 heteroatoms. The number of hydrogen-bond donors (Lipinski definition) is 0. The van der Waals surface area contributed by atoms with E-state index in [-0.39, 0.29) is 51.2 Å². The third kappa shape index (κ3) is 14.8. The molecule has 0 spiro atoms. The molecule has 4 aliphatic rings. The first-order valence-corrected chi connectivity index (χ1v) is 18.3. The molecule has 6 nitrogen and oxygen atoms in total. The van der Waals surface area contributed by atoms with E-state index in [9.17, 15) is 0 Å². The molecule has 285 valence electrons. The zero-order valence-electron chi connectivity index (χ0n) is 31.7. The Labute approximate surface area is 384 Å². The summed E-state index contributed by atoms with van der Waals surface area (Å²) in [7, 11) is 0. The third-order valence-electron chi connectivity index (χ3n) is 8.46. The molecule has 0 amide bonds. The Kier molecular flexibility index (Phi) is 21.7. The van der Waals surface area contributed by atoms with Gasteiger partial charge >= 0.3 is 51.2 Å². The molecule has 0 aromatic carbocycles. The van der Waals surface area contributed by atoms with Gasteiger partial charge in [0.05, 0.1) is 45.6 Å². The van der Waals surface area contributed by atoms with Crippen LogP contribution in [0.5, 0.6) is 0 Å². The van der Waals surface area contributed by atoms with Crippen molar-refractivity contribution in [3.05, 3.63) is 260 Å². The Morgan fingerprint density at radius 2 is 0.508 bits per heavy atom. The quantitative estimate of drug-likeness (QED) is 0.155. The molecule has 0 N–H and O–H groups in total. The normalized spacial score (nSPS) is 15.7. The molecule has 4 aliphatic carbocycles. The second-order valence-electron chi connectivity index (χ2n) is 12.4. The zero-order chi connectivity index (χ0) is 38.0. The summed E-state index contributed by atoms with van der Waals surface area (Å²) in [4.78, 5) is 27.2. The SMILES string of the molecule is [CH]1[CH][CH][CH][CH]1.[CH]1[CH][CH][CH][CH]1.[CH]1[CH][CH][C](c2cc(-c3ccccn3)nc(-c3ccccn3)c2)[CH]1.[CH]1[CH][CH][C](c2cc(-c3ccccn3)nc(-c3ccccn3)c2)[CH]1.[Fe+2].[Fe+2].[Mn+2]. The van der Waals surface area contributed by atoms with Gasteiger partial charge in [0.2, 0.25) is 0 Å². The summed E-state index contributed by atoms with van der Waals surface area (Å²) in [5.74, 6) is 2.34. The van der Waals surface area contributed by atoms with Crippen molar-refractivity contribution in [2.45, 2.75) is 0 Å². The monoisotopic (exact) mass is 889 g/mol. The number of nitrogens with zero attached hydrogens (tertiary/aromatic N) is 6. The molecule has 0 atom stereocenters. The van der Waals surface area contributed by atoms with Crippen LogP contribution in [-0.4, -0.2) is 29.9 Å². The van der Waals surface area contributed by atoms with Crippen molar-refractivity contribution in [2.24, 2.45) is 0 Å². The Morgan fingerprint density at radius 1 is 0.271 bits per heavy atom. The topological polar surface area (TPSA) is 77.3 Å². The summed E-state index contributed by atoms with van der Waals surface area (Å²) >= 11 is 0. The van der Waals surface area contributed by atoms with Crippen LogP contribution in [0.15, 0.2) is 122 Å². The van der Waals surface area contributed by atoms with Gasteiger partial charge in [-0.05, 0) is 199 Å². The summed E-state index contributed by atoms with van der Waals surface area (Å²) in [6, 6.07) is 31.7. The molecule has 0 aliphatic heterocycles. The summed E-state index contributed by atoms with van der Waals surface area (Å²) in [5, 5.41) is 0. The van der Waals surface area contributed by atoms with E-state index in [4.69, 9.17) is 9.97 Å². The van der Waals surface area contributed by atoms with E-state index in [2.05, 4.69) is 69.9 Å². The van der Waals surface area contributed by atoms with E-state index in [0.29, 0.717) is 0 Å². The number of pyridine rings is 6. The molecule has 4 fully saturated rings. The third-order valence-corrected chi connectivity index (χ3v) is 8.46. The molecule has 21 radical (unpaired) electrons. The van der Waals surface area contributed by atoms with Gasteiger partial charge in [-0.15, -0.1) is 0 Å². The maximum Gasteiger partial charge on any atom is 2.00 e. The van der Waals surface area contributed by atoms with Gasteiger partial charge in [-0.1, -0.05) is 24.3 Å². The predicted octanol–water partition coefficient (Wildman–Crippen LogP) is 9.95. The first kappa shape index (κ1) is 48.1. The van der Waals surface area contributed by atoms with Gasteiger partial charge in [-0.25, -0.2) is 9.97 Å². The molecule has 0 unspecified atom stereocenters. The second-order valence-corrected chi connectivity index (χ2v) is 12.4. The molecule has 59 heavy (non-hydrogen) atoms. The van der Waals surface area contributed by atoms with Crippen molar-refractivity contribution in [1.29, 1.82) is 0 Å². The summed E-state index contributed by atoms with van der Waals surface area (Å²) in [6.45, 7) is 0. The first-order valence-electron chi connectivity index (χ1n) is 18.3. The van der Waals surface area contributed by atoms with Crippen molar-refractivity contribution in [3.8, 4) is 45.6 Å². The minimum atomic E-state index is 0. The van der Waals surface area contributed by atoms with E-state index in [1.165, 1.54) is 11.8 Å². The Bertz CT molecular complexity index is 1740. The van der Waals surface area contributed by atoms with Gasteiger partial charge in [0.25, 0.3) is 0 Å². The molecule has 6 heterocycles. The van der Waals surface area contributed by atoms with Crippen LogP contribution in [0.4, 0.5) is 0 Å². The van der Waals surface area contributed by atoms with E-state index in [1.54, 1.807) is 24.8 Å². The minimum absolute atomic E-state index is 0. The fourth-order valence-electron chi connectivity index (χ4n) is 5.75. The van der Waals surface area contributed by atoms with Crippen LogP contribution in [0.2, 0.25) is 0 Å². The fraction of sp³-hybridized carbons (Fsp3) is 0. The average Bonchev–Trinajstić information content (AvgIpc) is 4.15. The molecular weight excluding hydrogens is 851 g/mol. The van der Waals surface area contributed by atoms with Crippen LogP contribution in [0.1, 0.15) is 11.1 Å². The van der Waals surface area contributed by atoms with Crippen LogP contribution >= 0.6 is 0 Å².